The van der Waals surface area contributed by atoms with E-state index >= 15 is 0 Å². The molecule has 1 rings (SSSR count). The zero-order valence-electron chi connectivity index (χ0n) is 9.45. The van der Waals surface area contributed by atoms with Crippen LogP contribution in [-0.2, 0) is 0 Å². The predicted molar refractivity (Wildman–Crippen MR) is 82.8 cm³/mol. The number of ether oxygens (including phenoxy) is 1. The topological polar surface area (TPSA) is 80.2 Å². The predicted octanol–water partition coefficient (Wildman–Crippen LogP) is 2.03. The molecule has 17 heavy (non-hydrogen) atoms. The van der Waals surface area contributed by atoms with Gasteiger partial charge in [0.05, 0.1) is 13.3 Å². The van der Waals surface area contributed by atoms with Gasteiger partial charge in [0.25, 0.3) is 0 Å². The highest BCUT2D eigenvalue weighted by Crippen LogP contribution is 2.25. The third-order valence-electron chi connectivity index (χ3n) is 1.78. The van der Waals surface area contributed by atoms with Crippen molar-refractivity contribution in [1.82, 2.24) is 0 Å². The van der Waals surface area contributed by atoms with Crippen LogP contribution in [0.15, 0.2) is 28.4 Å². The van der Waals surface area contributed by atoms with Gasteiger partial charge in [-0.1, -0.05) is 11.8 Å². The summed E-state index contributed by atoms with van der Waals surface area (Å²) in [4.78, 5) is 0. The molecule has 0 bridgehead atoms. The van der Waals surface area contributed by atoms with Crippen LogP contribution in [0.3, 0.4) is 0 Å². The average molecular weight is 367 g/mol. The van der Waals surface area contributed by atoms with Crippen molar-refractivity contribution in [2.24, 2.45) is 15.9 Å². The van der Waals surface area contributed by atoms with Crippen molar-refractivity contribution in [1.29, 1.82) is 0 Å². The first-order chi connectivity index (χ1) is 7.67. The van der Waals surface area contributed by atoms with Gasteiger partial charge in [0, 0.05) is 0 Å². The fourth-order valence-corrected chi connectivity index (χ4v) is 1.10. The van der Waals surface area contributed by atoms with Gasteiger partial charge < -0.3 is 15.6 Å². The lowest BCUT2D eigenvalue weighted by Gasteiger charge is -2.02. The second-order valence-corrected chi connectivity index (χ2v) is 3.64. The van der Waals surface area contributed by atoms with Gasteiger partial charge in [-0.25, -0.2) is 0 Å². The van der Waals surface area contributed by atoms with E-state index in [1.54, 1.807) is 12.1 Å². The van der Waals surface area contributed by atoms with Crippen molar-refractivity contribution in [3.63, 3.8) is 0 Å². The maximum Gasteiger partial charge on any atom is 0.180 e. The monoisotopic (exact) mass is 367 g/mol. The fourth-order valence-electron chi connectivity index (χ4n) is 0.968. The Balaban J connectivity index is 0.00000256. The molecule has 0 radical (unpaired) electrons. The number of halogens is 1. The van der Waals surface area contributed by atoms with Crippen LogP contribution < -0.4 is 10.5 Å². The van der Waals surface area contributed by atoms with Crippen LogP contribution in [0.25, 0.3) is 0 Å². The first-order valence-electron chi connectivity index (χ1n) is 4.45. The highest BCUT2D eigenvalue weighted by atomic mass is 127. The van der Waals surface area contributed by atoms with Crippen LogP contribution in [0.4, 0.5) is 0 Å². The number of amidine groups is 1. The standard InChI is InChI=1S/C10H13N3O2S.HI/c1-15-9-5-7(3-4-8(9)14)6-12-13-10(11)16-2;/h3-6,14H,1-2H3,(H2,11,13);1H/b12-6+;. The van der Waals surface area contributed by atoms with E-state index in [0.717, 1.165) is 5.56 Å². The largest absolute Gasteiger partial charge is 0.504 e. The molecule has 5 nitrogen and oxygen atoms in total. The summed E-state index contributed by atoms with van der Waals surface area (Å²) < 4.78 is 4.96. The number of methoxy groups -OCH3 is 1. The lowest BCUT2D eigenvalue weighted by atomic mass is 10.2. The molecular weight excluding hydrogens is 353 g/mol. The van der Waals surface area contributed by atoms with Crippen LogP contribution in [0.2, 0.25) is 0 Å². The normalized spacial score (nSPS) is 11.3. The zero-order valence-corrected chi connectivity index (χ0v) is 12.6. The molecule has 0 heterocycles. The molecule has 0 fully saturated rings. The second kappa shape index (κ2) is 8.18. The van der Waals surface area contributed by atoms with E-state index in [0.29, 0.717) is 10.9 Å². The molecule has 0 amide bonds. The maximum atomic E-state index is 9.37. The average Bonchev–Trinajstić information content (AvgIpc) is 2.31. The number of hydrogen-bond acceptors (Lipinski definition) is 5. The van der Waals surface area contributed by atoms with Gasteiger partial charge in [0.15, 0.2) is 16.7 Å². The molecule has 0 aliphatic rings. The van der Waals surface area contributed by atoms with E-state index in [-0.39, 0.29) is 29.7 Å². The fraction of sp³-hybridized carbons (Fsp3) is 0.200. The number of nitrogens with zero attached hydrogens (tertiary/aromatic N) is 2. The minimum absolute atomic E-state index is 0. The number of aromatic hydroxyl groups is 1. The Morgan fingerprint density at radius 1 is 1.53 bits per heavy atom. The van der Waals surface area contributed by atoms with E-state index in [1.165, 1.54) is 31.2 Å². The summed E-state index contributed by atoms with van der Waals surface area (Å²) in [5.41, 5.74) is 6.22. The van der Waals surface area contributed by atoms with Gasteiger partial charge in [-0.15, -0.1) is 29.1 Å². The smallest absolute Gasteiger partial charge is 0.180 e. The lowest BCUT2D eigenvalue weighted by molar-refractivity contribution is 0.373. The van der Waals surface area contributed by atoms with Crippen LogP contribution >= 0.6 is 35.7 Å². The second-order valence-electron chi connectivity index (χ2n) is 2.82. The number of thioether (sulfide) groups is 1. The Kier molecular flexibility index (Phi) is 7.72. The number of hydrogen-bond donors (Lipinski definition) is 2. The molecule has 0 saturated heterocycles. The molecule has 3 N–H and O–H groups in total. The molecule has 94 valence electrons. The first-order valence-corrected chi connectivity index (χ1v) is 5.67. The summed E-state index contributed by atoms with van der Waals surface area (Å²) >= 11 is 1.32. The van der Waals surface area contributed by atoms with Crippen molar-refractivity contribution in [3.8, 4) is 11.5 Å². The Labute approximate surface area is 121 Å². The van der Waals surface area contributed by atoms with E-state index in [2.05, 4.69) is 10.2 Å². The van der Waals surface area contributed by atoms with E-state index in [4.69, 9.17) is 10.5 Å². The lowest BCUT2D eigenvalue weighted by Crippen LogP contribution is -2.03. The van der Waals surface area contributed by atoms with Crippen molar-refractivity contribution in [2.45, 2.75) is 0 Å². The Morgan fingerprint density at radius 3 is 2.82 bits per heavy atom. The molecular formula is C10H14IN3O2S. The summed E-state index contributed by atoms with van der Waals surface area (Å²) in [6, 6.07) is 4.89. The molecule has 0 saturated carbocycles. The third kappa shape index (κ3) is 5.26. The van der Waals surface area contributed by atoms with Crippen LogP contribution in [0.1, 0.15) is 5.56 Å². The molecule has 0 aromatic heterocycles. The van der Waals surface area contributed by atoms with Gasteiger partial charge in [-0.3, -0.25) is 0 Å². The van der Waals surface area contributed by atoms with E-state index < -0.39 is 0 Å². The number of phenols is 1. The summed E-state index contributed by atoms with van der Waals surface area (Å²) in [6.07, 6.45) is 3.35. The first kappa shape index (κ1) is 16.0. The minimum atomic E-state index is 0. The van der Waals surface area contributed by atoms with Gasteiger partial charge in [-0.2, -0.15) is 5.10 Å². The molecule has 1 aromatic carbocycles. The number of phenolic OH excluding ortho intramolecular Hbond substituents is 1. The van der Waals surface area contributed by atoms with Crippen molar-refractivity contribution in [3.05, 3.63) is 23.8 Å². The molecule has 7 heteroatoms. The molecule has 0 aliphatic carbocycles. The van der Waals surface area contributed by atoms with Crippen molar-refractivity contribution >= 4 is 47.1 Å². The molecule has 0 aliphatic heterocycles. The summed E-state index contributed by atoms with van der Waals surface area (Å²) in [6.45, 7) is 0. The molecule has 0 unspecified atom stereocenters. The quantitative estimate of drug-likeness (QED) is 0.371. The summed E-state index contributed by atoms with van der Waals surface area (Å²) in [7, 11) is 1.49. The minimum Gasteiger partial charge on any atom is -0.504 e. The van der Waals surface area contributed by atoms with Gasteiger partial charge >= 0.3 is 0 Å². The molecule has 0 atom stereocenters. The zero-order chi connectivity index (χ0) is 12.0. The molecule has 1 aromatic rings. The van der Waals surface area contributed by atoms with Gasteiger partial charge in [0.2, 0.25) is 0 Å². The van der Waals surface area contributed by atoms with Gasteiger partial charge in [0.1, 0.15) is 0 Å². The maximum absolute atomic E-state index is 9.37. The number of benzene rings is 1. The number of rotatable bonds is 3. The Bertz CT molecular complexity index is 424. The Morgan fingerprint density at radius 2 is 2.24 bits per heavy atom. The van der Waals surface area contributed by atoms with Crippen molar-refractivity contribution < 1.29 is 9.84 Å². The Hall–Kier alpha value is -0.960. The molecule has 0 spiro atoms. The highest BCUT2D eigenvalue weighted by Gasteiger charge is 2.00. The van der Waals surface area contributed by atoms with Crippen molar-refractivity contribution in [2.75, 3.05) is 13.4 Å². The summed E-state index contributed by atoms with van der Waals surface area (Å²) in [5, 5.41) is 17.3. The highest BCUT2D eigenvalue weighted by molar-refractivity contribution is 14.0. The third-order valence-corrected chi connectivity index (χ3v) is 2.28. The summed E-state index contributed by atoms with van der Waals surface area (Å²) in [5.74, 6) is 0.484. The van der Waals surface area contributed by atoms with Crippen LogP contribution in [0.5, 0.6) is 11.5 Å². The number of nitrogens with two attached hydrogens (primary N) is 1. The van der Waals surface area contributed by atoms with Gasteiger partial charge in [-0.05, 0) is 30.0 Å². The van der Waals surface area contributed by atoms with Crippen LogP contribution in [-0.4, -0.2) is 29.9 Å². The van der Waals surface area contributed by atoms with Crippen LogP contribution in [0, 0.1) is 0 Å². The SMILES string of the molecule is COc1cc(/C=N/N=C(\N)SC)ccc1O.I. The van der Waals surface area contributed by atoms with E-state index in [9.17, 15) is 5.11 Å². The van der Waals surface area contributed by atoms with E-state index in [1.807, 2.05) is 6.26 Å².